The van der Waals surface area contributed by atoms with Gasteiger partial charge >= 0.3 is 6.03 Å². The molecule has 0 radical (unpaired) electrons. The Balaban J connectivity index is 1.98. The van der Waals surface area contributed by atoms with Crippen LogP contribution < -0.4 is 15.5 Å². The monoisotopic (exact) mass is 493 g/mol. The van der Waals surface area contributed by atoms with Crippen molar-refractivity contribution in [2.75, 3.05) is 15.5 Å². The molecule has 3 rings (SSSR count). The summed E-state index contributed by atoms with van der Waals surface area (Å²) in [6.07, 6.45) is 1.52. The van der Waals surface area contributed by atoms with Crippen LogP contribution in [0.1, 0.15) is 20.8 Å². The molecule has 1 atom stereocenters. The topological polar surface area (TPSA) is 90.4 Å². The van der Waals surface area contributed by atoms with E-state index in [1.807, 2.05) is 13.0 Å². The molecule has 1 aromatic heterocycles. The van der Waals surface area contributed by atoms with Gasteiger partial charge in [-0.1, -0.05) is 53.0 Å². The van der Waals surface area contributed by atoms with Crippen LogP contribution in [0.15, 0.2) is 54.7 Å². The second-order valence-electron chi connectivity index (χ2n) is 7.60. The molecule has 0 aliphatic rings. The van der Waals surface area contributed by atoms with Crippen LogP contribution in [-0.4, -0.2) is 32.7 Å². The maximum absolute atomic E-state index is 13.3. The predicted molar refractivity (Wildman–Crippen MR) is 130 cm³/mol. The number of hydrogen-bond acceptors (Lipinski definition) is 5. The van der Waals surface area contributed by atoms with Gasteiger partial charge in [-0.2, -0.15) is 4.98 Å². The highest BCUT2D eigenvalue weighted by molar-refractivity contribution is 6.42. The van der Waals surface area contributed by atoms with E-state index in [-0.39, 0.29) is 27.7 Å². The number of hydrogen-bond donors (Lipinski definition) is 3. The Hall–Kier alpha value is -2.58. The number of anilines is 4. The summed E-state index contributed by atoms with van der Waals surface area (Å²) in [5.41, 5.74) is -0.212. The van der Waals surface area contributed by atoms with Crippen molar-refractivity contribution in [2.24, 2.45) is 0 Å². The van der Waals surface area contributed by atoms with E-state index < -0.39 is 11.6 Å². The summed E-state index contributed by atoms with van der Waals surface area (Å²) >= 11 is 18.4. The molecule has 0 bridgehead atoms. The second-order valence-corrected chi connectivity index (χ2v) is 8.85. The first-order valence-electron chi connectivity index (χ1n) is 9.69. The Labute approximate surface area is 201 Å². The summed E-state index contributed by atoms with van der Waals surface area (Å²) in [7, 11) is 0. The van der Waals surface area contributed by atoms with Gasteiger partial charge in [0, 0.05) is 17.3 Å². The van der Waals surface area contributed by atoms with Crippen LogP contribution in [0.5, 0.6) is 0 Å². The highest BCUT2D eigenvalue weighted by Crippen LogP contribution is 2.35. The third kappa shape index (κ3) is 5.81. The lowest BCUT2D eigenvalue weighted by Crippen LogP contribution is -2.40. The van der Waals surface area contributed by atoms with Crippen molar-refractivity contribution in [1.29, 1.82) is 0 Å². The molecule has 0 saturated carbocycles. The Morgan fingerprint density at radius 1 is 1.09 bits per heavy atom. The number of urea groups is 1. The van der Waals surface area contributed by atoms with Gasteiger partial charge in [-0.05, 0) is 45.0 Å². The van der Waals surface area contributed by atoms with Crippen LogP contribution in [0.25, 0.3) is 0 Å². The molecule has 0 saturated heterocycles. The summed E-state index contributed by atoms with van der Waals surface area (Å²) in [5.74, 6) is 0.559. The molecule has 3 aromatic rings. The minimum absolute atomic E-state index is 0.202. The zero-order chi connectivity index (χ0) is 23.5. The van der Waals surface area contributed by atoms with E-state index >= 15 is 0 Å². The normalized spacial score (nSPS) is 12.2. The largest absolute Gasteiger partial charge is 0.388 e. The van der Waals surface area contributed by atoms with Gasteiger partial charge in [-0.25, -0.2) is 14.7 Å². The fraction of sp³-hybridized carbons (Fsp3) is 0.227. The second kappa shape index (κ2) is 9.92. The van der Waals surface area contributed by atoms with Crippen LogP contribution >= 0.6 is 34.8 Å². The predicted octanol–water partition coefficient (Wildman–Crippen LogP) is 6.38. The molecule has 0 spiro atoms. The number of carbonyl (C=O) groups excluding carboxylic acids is 1. The highest BCUT2D eigenvalue weighted by atomic mass is 35.5. The molecule has 2 amide bonds. The third-order valence-corrected chi connectivity index (χ3v) is 5.55. The molecule has 7 nitrogen and oxygen atoms in total. The third-order valence-electron chi connectivity index (χ3n) is 4.73. The Morgan fingerprint density at radius 2 is 1.72 bits per heavy atom. The summed E-state index contributed by atoms with van der Waals surface area (Å²) in [4.78, 5) is 23.4. The summed E-state index contributed by atoms with van der Waals surface area (Å²) in [6, 6.07) is 12.7. The summed E-state index contributed by atoms with van der Waals surface area (Å²) in [6.45, 7) is 5.16. The number of halogens is 3. The number of aromatic nitrogens is 2. The van der Waals surface area contributed by atoms with E-state index in [2.05, 4.69) is 20.6 Å². The zero-order valence-electron chi connectivity index (χ0n) is 17.6. The van der Waals surface area contributed by atoms with E-state index in [1.165, 1.54) is 23.2 Å². The fourth-order valence-corrected chi connectivity index (χ4v) is 3.58. The van der Waals surface area contributed by atoms with Gasteiger partial charge in [0.2, 0.25) is 5.95 Å². The van der Waals surface area contributed by atoms with Crippen molar-refractivity contribution in [3.05, 3.63) is 69.8 Å². The molecule has 1 heterocycles. The van der Waals surface area contributed by atoms with Crippen LogP contribution in [-0.2, 0) is 0 Å². The standard InChI is InChI=1S/C22H22Cl3N5O2/c1-13(22(2,3)32)27-20-26-10-9-18(28-20)30(15-7-5-4-6-8-15)21(31)29-19-16(24)11-14(23)12-17(19)25/h4-13,32H,1-3H3,(H,29,31)(H,26,27,28). The first-order valence-corrected chi connectivity index (χ1v) is 10.8. The number of aliphatic hydroxyl groups is 1. The number of carbonyl (C=O) groups is 1. The minimum Gasteiger partial charge on any atom is -0.388 e. The van der Waals surface area contributed by atoms with Crippen LogP contribution in [0.3, 0.4) is 0 Å². The van der Waals surface area contributed by atoms with E-state index in [4.69, 9.17) is 34.8 Å². The van der Waals surface area contributed by atoms with Crippen LogP contribution in [0, 0.1) is 0 Å². The average molecular weight is 495 g/mol. The van der Waals surface area contributed by atoms with Gasteiger partial charge < -0.3 is 15.7 Å². The van der Waals surface area contributed by atoms with E-state index in [1.54, 1.807) is 44.2 Å². The maximum atomic E-state index is 13.3. The number of para-hydroxylation sites is 1. The van der Waals surface area contributed by atoms with Gasteiger partial charge in [0.1, 0.15) is 5.82 Å². The quantitative estimate of drug-likeness (QED) is 0.370. The summed E-state index contributed by atoms with van der Waals surface area (Å²) in [5, 5.41) is 16.7. The number of nitrogens with zero attached hydrogens (tertiary/aromatic N) is 3. The molecule has 32 heavy (non-hydrogen) atoms. The van der Waals surface area contributed by atoms with Crippen LogP contribution in [0.4, 0.5) is 27.9 Å². The lowest BCUT2D eigenvalue weighted by molar-refractivity contribution is 0.0646. The van der Waals surface area contributed by atoms with Crippen molar-refractivity contribution in [1.82, 2.24) is 9.97 Å². The lowest BCUT2D eigenvalue weighted by Gasteiger charge is -2.27. The van der Waals surface area contributed by atoms with Crippen molar-refractivity contribution in [3.63, 3.8) is 0 Å². The molecule has 0 aliphatic carbocycles. The Kier molecular flexibility index (Phi) is 7.46. The number of amides is 2. The fourth-order valence-electron chi connectivity index (χ4n) is 2.67. The smallest absolute Gasteiger partial charge is 0.332 e. The lowest BCUT2D eigenvalue weighted by atomic mass is 10.0. The first kappa shape index (κ1) is 24.1. The van der Waals surface area contributed by atoms with Gasteiger partial charge in [0.15, 0.2) is 0 Å². The first-order chi connectivity index (χ1) is 15.1. The van der Waals surface area contributed by atoms with E-state index in [0.29, 0.717) is 16.5 Å². The number of benzene rings is 2. The Morgan fingerprint density at radius 3 is 2.31 bits per heavy atom. The van der Waals surface area contributed by atoms with Gasteiger partial charge in [0.25, 0.3) is 0 Å². The van der Waals surface area contributed by atoms with Crippen LogP contribution in [0.2, 0.25) is 15.1 Å². The van der Waals surface area contributed by atoms with E-state index in [0.717, 1.165) is 0 Å². The van der Waals surface area contributed by atoms with Crippen molar-refractivity contribution in [2.45, 2.75) is 32.4 Å². The minimum atomic E-state index is -1.00. The van der Waals surface area contributed by atoms with Gasteiger partial charge in [-0.15, -0.1) is 0 Å². The molecule has 0 fully saturated rings. The highest BCUT2D eigenvalue weighted by Gasteiger charge is 2.25. The molecular formula is C22H22Cl3N5O2. The van der Waals surface area contributed by atoms with Crippen molar-refractivity contribution in [3.8, 4) is 0 Å². The molecule has 1 unspecified atom stereocenters. The molecule has 3 N–H and O–H groups in total. The van der Waals surface area contributed by atoms with Gasteiger partial charge in [0.05, 0.1) is 33.1 Å². The SMILES string of the molecule is CC(Nc1nccc(N(C(=O)Nc2c(Cl)cc(Cl)cc2Cl)c2ccccc2)n1)C(C)(C)O. The van der Waals surface area contributed by atoms with Crippen molar-refractivity contribution >= 4 is 64.0 Å². The van der Waals surface area contributed by atoms with Crippen molar-refractivity contribution < 1.29 is 9.90 Å². The summed E-state index contributed by atoms with van der Waals surface area (Å²) < 4.78 is 0. The number of rotatable bonds is 6. The average Bonchev–Trinajstić information content (AvgIpc) is 2.71. The van der Waals surface area contributed by atoms with E-state index in [9.17, 15) is 9.90 Å². The molecular weight excluding hydrogens is 473 g/mol. The molecule has 2 aromatic carbocycles. The number of nitrogens with one attached hydrogen (secondary N) is 2. The molecule has 0 aliphatic heterocycles. The molecule has 10 heteroatoms. The van der Waals surface area contributed by atoms with Gasteiger partial charge in [-0.3, -0.25) is 0 Å². The molecule has 168 valence electrons. The zero-order valence-corrected chi connectivity index (χ0v) is 19.9. The maximum Gasteiger partial charge on any atom is 0.332 e. The Bertz CT molecular complexity index is 1080.